The summed E-state index contributed by atoms with van der Waals surface area (Å²) in [6.07, 6.45) is 43.9. The lowest BCUT2D eigenvalue weighted by Gasteiger charge is -2.57. The first-order valence-electron chi connectivity index (χ1n) is 52.6. The Morgan fingerprint density at radius 2 is 0.512 bits per heavy atom. The number of rotatable bonds is 11. The summed E-state index contributed by atoms with van der Waals surface area (Å²) in [7, 11) is 0. The summed E-state index contributed by atoms with van der Waals surface area (Å²) >= 11 is 24.1. The van der Waals surface area contributed by atoms with Gasteiger partial charge in [0.15, 0.2) is 0 Å². The Bertz CT molecular complexity index is 4030. The minimum atomic E-state index is -2.61. The van der Waals surface area contributed by atoms with E-state index in [9.17, 15) is 53.3 Å². The second-order valence-corrected chi connectivity index (χ2v) is 51.6. The molecule has 40 atom stereocenters. The largest absolute Gasteiger partial charge is 0.392 e. The maximum Gasteiger partial charge on any atom is 0.266 e. The number of alkyl halides is 6. The molecule has 722 valence electrons. The Balaban J connectivity index is 0.000000118. The molecule has 0 aromatic heterocycles. The van der Waals surface area contributed by atoms with Crippen molar-refractivity contribution in [2.75, 3.05) is 23.9 Å². The van der Waals surface area contributed by atoms with E-state index >= 15 is 0 Å². The van der Waals surface area contributed by atoms with Crippen LogP contribution in [0.15, 0.2) is 60.8 Å². The topological polar surface area (TPSA) is 142 Å². The average molecular weight is 1980 g/mol. The van der Waals surface area contributed by atoms with Crippen LogP contribution in [0.25, 0.3) is 0 Å². The molecule has 0 aromatic carbocycles. The van der Waals surface area contributed by atoms with E-state index in [2.05, 4.69) is 140 Å². The zero-order chi connectivity index (χ0) is 92.3. The number of aliphatic hydroxyl groups excluding tert-OH is 2. The molecule has 0 aliphatic heterocycles. The van der Waals surface area contributed by atoms with Crippen LogP contribution < -0.4 is 0 Å². The molecule has 20 aliphatic carbocycles. The van der Waals surface area contributed by atoms with Crippen molar-refractivity contribution < 1.29 is 53.3 Å². The molecular formula is C113H165Br2Cl3F4O7. The van der Waals surface area contributed by atoms with Gasteiger partial charge in [-0.1, -0.05) is 134 Å². The van der Waals surface area contributed by atoms with Crippen molar-refractivity contribution in [3.63, 3.8) is 0 Å². The summed E-state index contributed by atoms with van der Waals surface area (Å²) in [4.78, 5) is 0. The molecule has 20 saturated carbocycles. The zero-order valence-corrected chi connectivity index (χ0v) is 85.1. The summed E-state index contributed by atoms with van der Waals surface area (Å²) in [6.45, 7) is 36.4. The first kappa shape index (κ1) is 101. The van der Waals surface area contributed by atoms with E-state index in [0.717, 1.165) is 207 Å². The third-order valence-electron chi connectivity index (χ3n) is 45.1. The maximum absolute atomic E-state index is 13.3. The van der Waals surface area contributed by atoms with E-state index in [-0.39, 0.29) is 31.0 Å². The average Bonchev–Trinajstić information content (AvgIpc) is 1.63. The van der Waals surface area contributed by atoms with Gasteiger partial charge in [0, 0.05) is 26.8 Å². The first-order chi connectivity index (χ1) is 61.3. The van der Waals surface area contributed by atoms with Crippen LogP contribution in [0.4, 0.5) is 17.6 Å². The Morgan fingerprint density at radius 1 is 0.295 bits per heavy atom. The Hall–Kier alpha value is -1.35. The van der Waals surface area contributed by atoms with E-state index in [1.54, 1.807) is 0 Å². The van der Waals surface area contributed by atoms with E-state index in [1.807, 2.05) is 0 Å². The zero-order valence-electron chi connectivity index (χ0n) is 79.7. The third kappa shape index (κ3) is 18.6. The minimum Gasteiger partial charge on any atom is -0.392 e. The van der Waals surface area contributed by atoms with Gasteiger partial charge in [0.05, 0.1) is 13.2 Å². The molecule has 20 rings (SSSR count). The highest BCUT2D eigenvalue weighted by Crippen LogP contribution is 2.73. The standard InChI is InChI=1S/C23H32BrClO.C23H33ClO2.C23H33ClO.C22H33BrF2O.C22H34F2O2/c1-15(14-24)20-5-6-21-19-4-3-16-13-23(26,11-12-25)10-8-17(16)18(19)7-9-22(20,21)2;1-15(14-25)20-5-6-21-19-4-3-16-13-23(26,11-12-24)10-8-17(16)18(19)7-9-22(20,21)2;1-15(2)20-6-7-21-19-5-4-16-14-23(25,12-13-24)11-9-17(16)18(19)8-10-22(20,21)3;1-13(12-23)18-5-6-19-17-4-3-14-11-22(26,20(24)25)10-8-15(14)16(17)7-9-21(18,19)2;1-13(12-25)18-5-6-19-17-4-3-14-11-22(26,20(23)24)10-8-15(14)16(17)7-9-21(18,19)2/h16-21,26H,1,3-10,13-14H2,2H3;16-21,25-26H,1,3-10,13-14H2,2H3;16-21,25H,1,4-11,14H2,2-3H3;14-20,26H,1,3-12H2,2H3;14-20,25-26H,1,3-12H2,2H3/t3*16-,17-,18+,19+,20+,21-,22+,23-;2*14-,15-,16+,17+,18+,19-,21+,22+/m00000/s1. The predicted octanol–water partition coefficient (Wildman–Crippen LogP) is 27.6. The minimum absolute atomic E-state index is 0.0952. The molecule has 7 nitrogen and oxygen atoms in total. The Morgan fingerprint density at radius 3 is 0.736 bits per heavy atom. The maximum atomic E-state index is 13.3. The molecule has 7 N–H and O–H groups in total. The van der Waals surface area contributed by atoms with Gasteiger partial charge in [-0.25, -0.2) is 17.6 Å². The van der Waals surface area contributed by atoms with Crippen molar-refractivity contribution in [2.24, 2.45) is 205 Å². The van der Waals surface area contributed by atoms with Crippen LogP contribution in [0.1, 0.15) is 330 Å². The second kappa shape index (κ2) is 39.6. The normalized spacial score (nSPS) is 50.6. The summed E-state index contributed by atoms with van der Waals surface area (Å²) in [5.41, 5.74) is 2.25. The number of aliphatic hydroxyl groups is 7. The second-order valence-electron chi connectivity index (χ2n) is 49.9. The fraction of sp³-hybridized carbons (Fsp3) is 0.858. The van der Waals surface area contributed by atoms with Crippen molar-refractivity contribution in [1.29, 1.82) is 0 Å². The predicted molar refractivity (Wildman–Crippen MR) is 524 cm³/mol. The Labute approximate surface area is 808 Å². The van der Waals surface area contributed by atoms with Gasteiger partial charge in [-0.3, -0.25) is 0 Å². The van der Waals surface area contributed by atoms with E-state index in [4.69, 9.17) is 34.8 Å². The summed E-state index contributed by atoms with van der Waals surface area (Å²) in [5, 5.41) is 81.3. The number of allylic oxidation sites excluding steroid dienone is 3. The number of hydrogen-bond donors (Lipinski definition) is 7. The van der Waals surface area contributed by atoms with Gasteiger partial charge < -0.3 is 35.7 Å². The van der Waals surface area contributed by atoms with Crippen LogP contribution in [0.2, 0.25) is 0 Å². The molecule has 129 heavy (non-hydrogen) atoms. The van der Waals surface area contributed by atoms with Crippen molar-refractivity contribution in [3.05, 3.63) is 60.8 Å². The fourth-order valence-electron chi connectivity index (χ4n) is 39.4. The number of fused-ring (bicyclic) bond motifs is 25. The SMILES string of the molecule is C=C(C)[C@H]1CC[C@H]2[C@@H]3CC[C@H]4C[C@@](O)(C#CCl)CC[C@@H]4[C@H]3CC[C@]12C.C=C(CBr)[C@H]1CC[C@H]2[C@@H]3CC[C@H]4C[C@@](O)(C#CCl)CC[C@@H]4[C@H]3CC[C@]12C.C=C(CBr)[C@H]1CC[C@H]2[C@@H]3CC[C@H]4C[C@@](O)(C(F)F)CC[C@@H]4[C@H]3CC[C@]12C.C=C(CO)[C@H]1CC[C@H]2[C@@H]3CC[C@H]4C[C@@](O)(C#CCl)CC[C@@H]4[C@H]3CC[C@]12C.C=C(CO)[C@H]1CC[C@H]2[C@@H]3CC[C@H]4C[C@@](O)(C(F)F)CC[C@@H]4[C@H]3CC[C@]12C. The lowest BCUT2D eigenvalue weighted by Crippen LogP contribution is -2.52. The van der Waals surface area contributed by atoms with Crippen LogP contribution in [0, 0.1) is 239 Å². The molecule has 0 saturated heterocycles. The van der Waals surface area contributed by atoms with Gasteiger partial charge in [-0.05, 0) is 546 Å². The highest BCUT2D eigenvalue weighted by Gasteiger charge is 2.66. The molecule has 0 unspecified atom stereocenters. The van der Waals surface area contributed by atoms with Crippen molar-refractivity contribution in [2.45, 2.75) is 371 Å². The van der Waals surface area contributed by atoms with Crippen LogP contribution in [0.3, 0.4) is 0 Å². The van der Waals surface area contributed by atoms with E-state index in [1.165, 1.54) is 184 Å². The van der Waals surface area contributed by atoms with Crippen LogP contribution in [-0.2, 0) is 0 Å². The van der Waals surface area contributed by atoms with Crippen molar-refractivity contribution >= 4 is 66.7 Å². The summed E-state index contributed by atoms with van der Waals surface area (Å²) < 4.78 is 53.2. The van der Waals surface area contributed by atoms with Gasteiger partial charge in [-0.15, -0.1) is 0 Å². The van der Waals surface area contributed by atoms with Crippen LogP contribution >= 0.6 is 66.7 Å². The van der Waals surface area contributed by atoms with Crippen LogP contribution in [0.5, 0.6) is 0 Å². The van der Waals surface area contributed by atoms with Crippen LogP contribution in [-0.4, -0.2) is 100 Å². The van der Waals surface area contributed by atoms with Gasteiger partial charge >= 0.3 is 0 Å². The molecule has 20 aliphatic rings. The van der Waals surface area contributed by atoms with E-state index < -0.39 is 40.9 Å². The van der Waals surface area contributed by atoms with Gasteiger partial charge in [0.25, 0.3) is 12.9 Å². The molecule has 0 bridgehead atoms. The lowest BCUT2D eigenvalue weighted by molar-refractivity contribution is -0.159. The fourth-order valence-corrected chi connectivity index (χ4v) is 40.7. The molecule has 0 spiro atoms. The number of halogens is 9. The molecule has 0 heterocycles. The van der Waals surface area contributed by atoms with E-state index in [0.29, 0.717) is 124 Å². The lowest BCUT2D eigenvalue weighted by atomic mass is 9.48. The molecular weight excluding hydrogens is 1810 g/mol. The van der Waals surface area contributed by atoms with Gasteiger partial charge in [0.2, 0.25) is 0 Å². The summed E-state index contributed by atoms with van der Waals surface area (Å²) in [6, 6.07) is 0. The highest BCUT2D eigenvalue weighted by atomic mass is 79.9. The van der Waals surface area contributed by atoms with Crippen molar-refractivity contribution in [1.82, 2.24) is 0 Å². The Kier molecular flexibility index (Phi) is 30.9. The van der Waals surface area contributed by atoms with Crippen molar-refractivity contribution in [3.8, 4) is 33.9 Å². The van der Waals surface area contributed by atoms with Gasteiger partial charge in [0.1, 0.15) is 28.0 Å². The summed E-state index contributed by atoms with van der Waals surface area (Å²) in [5.74, 6) is 29.7. The smallest absolute Gasteiger partial charge is 0.266 e. The highest BCUT2D eigenvalue weighted by molar-refractivity contribution is 9.09. The molecule has 16 heteroatoms. The molecule has 0 aromatic rings. The molecule has 20 fully saturated rings. The third-order valence-corrected chi connectivity index (χ3v) is 46.8. The number of hydrogen-bond acceptors (Lipinski definition) is 7. The van der Waals surface area contributed by atoms with Gasteiger partial charge in [-0.2, -0.15) is 0 Å². The quantitative estimate of drug-likeness (QED) is 0.0473. The molecule has 0 amide bonds. The molecule has 0 radical (unpaired) electrons. The first-order valence-corrected chi connectivity index (χ1v) is 55.9. The monoisotopic (exact) mass is 1970 g/mol.